The Labute approximate surface area is 186 Å². The fourth-order valence-corrected chi connectivity index (χ4v) is 4.50. The number of hydrogen-bond acceptors (Lipinski definition) is 1. The summed E-state index contributed by atoms with van der Waals surface area (Å²) in [4.78, 5) is 0. The highest BCUT2D eigenvalue weighted by atomic mass is 14.4. The van der Waals surface area contributed by atoms with Gasteiger partial charge in [0.2, 0.25) is 0 Å². The zero-order valence-corrected chi connectivity index (χ0v) is 18.6. The molecule has 0 saturated heterocycles. The van der Waals surface area contributed by atoms with Gasteiger partial charge >= 0.3 is 0 Å². The second-order valence-corrected chi connectivity index (χ2v) is 8.25. The second kappa shape index (κ2) is 8.73. The van der Waals surface area contributed by atoms with Gasteiger partial charge in [0, 0.05) is 5.71 Å². The third-order valence-corrected chi connectivity index (χ3v) is 6.18. The number of allylic oxidation sites excluding steroid dienone is 4. The maximum atomic E-state index is 8.01. The zero-order chi connectivity index (χ0) is 22.0. The van der Waals surface area contributed by atoms with Crippen molar-refractivity contribution >= 4 is 17.4 Å². The quantitative estimate of drug-likeness (QED) is 0.414. The largest absolute Gasteiger partial charge is 0.305 e. The molecule has 0 atom stereocenters. The smallest absolute Gasteiger partial charge is 0.0355 e. The summed E-state index contributed by atoms with van der Waals surface area (Å²) < 4.78 is 0. The summed E-state index contributed by atoms with van der Waals surface area (Å²) in [6.45, 7) is 10.3. The third kappa shape index (κ3) is 3.96. The lowest BCUT2D eigenvalue weighted by atomic mass is 9.84. The molecule has 3 aromatic rings. The van der Waals surface area contributed by atoms with Crippen molar-refractivity contribution in [2.75, 3.05) is 0 Å². The lowest BCUT2D eigenvalue weighted by Gasteiger charge is -2.20. The first-order chi connectivity index (χ1) is 15.0. The van der Waals surface area contributed by atoms with Gasteiger partial charge in [-0.15, -0.1) is 0 Å². The Bertz CT molecular complexity index is 1240. The van der Waals surface area contributed by atoms with E-state index >= 15 is 0 Å². The van der Waals surface area contributed by atoms with Crippen LogP contribution >= 0.6 is 0 Å². The number of aryl methyl sites for hydroxylation is 1. The van der Waals surface area contributed by atoms with Crippen molar-refractivity contribution in [3.8, 4) is 22.3 Å². The van der Waals surface area contributed by atoms with E-state index in [-0.39, 0.29) is 0 Å². The summed E-state index contributed by atoms with van der Waals surface area (Å²) in [5.41, 5.74) is 12.6. The average molecular weight is 404 g/mol. The highest BCUT2D eigenvalue weighted by Crippen LogP contribution is 2.40. The Kier molecular flexibility index (Phi) is 5.86. The van der Waals surface area contributed by atoms with Crippen molar-refractivity contribution in [3.63, 3.8) is 0 Å². The predicted molar refractivity (Wildman–Crippen MR) is 136 cm³/mol. The molecule has 1 aliphatic rings. The molecule has 0 saturated carbocycles. The molecular formula is C30H29N. The summed E-state index contributed by atoms with van der Waals surface area (Å²) in [7, 11) is 0. The van der Waals surface area contributed by atoms with Crippen LogP contribution in [0.25, 0.3) is 33.9 Å². The third-order valence-electron chi connectivity index (χ3n) is 6.18. The average Bonchev–Trinajstić information content (AvgIpc) is 2.79. The molecule has 0 heterocycles. The van der Waals surface area contributed by atoms with Crippen molar-refractivity contribution in [2.24, 2.45) is 0 Å². The molecule has 0 fully saturated rings. The van der Waals surface area contributed by atoms with Crippen LogP contribution in [0.1, 0.15) is 47.6 Å². The lowest BCUT2D eigenvalue weighted by molar-refractivity contribution is 1.04. The maximum Gasteiger partial charge on any atom is 0.0355 e. The van der Waals surface area contributed by atoms with E-state index in [9.17, 15) is 0 Å². The molecule has 1 N–H and O–H groups in total. The van der Waals surface area contributed by atoms with Gasteiger partial charge in [-0.1, -0.05) is 79.4 Å². The van der Waals surface area contributed by atoms with Crippen LogP contribution in [-0.4, -0.2) is 5.71 Å². The van der Waals surface area contributed by atoms with Crippen molar-refractivity contribution in [1.82, 2.24) is 0 Å². The monoisotopic (exact) mass is 403 g/mol. The number of hydrogen-bond donors (Lipinski definition) is 1. The van der Waals surface area contributed by atoms with Gasteiger partial charge in [0.25, 0.3) is 0 Å². The summed E-state index contributed by atoms with van der Waals surface area (Å²) in [6, 6.07) is 19.4. The normalized spacial score (nSPS) is 13.1. The molecule has 1 nitrogen and oxygen atoms in total. The first-order valence-electron chi connectivity index (χ1n) is 10.9. The van der Waals surface area contributed by atoms with Crippen LogP contribution in [0.15, 0.2) is 79.4 Å². The van der Waals surface area contributed by atoms with Crippen LogP contribution in [0.4, 0.5) is 0 Å². The van der Waals surface area contributed by atoms with E-state index in [1.54, 1.807) is 0 Å². The van der Waals surface area contributed by atoms with Crippen molar-refractivity contribution in [2.45, 2.75) is 33.6 Å². The molecule has 1 aliphatic carbocycles. The van der Waals surface area contributed by atoms with Gasteiger partial charge in [0.05, 0.1) is 0 Å². The fraction of sp³-hybridized carbons (Fsp3) is 0.167. The standard InChI is InChI=1S/C30H29N/c1-5-23-19-25(22(4)31)17-18-28(23)30-20(2)11-9-16-29(30)27-15-10-14-26(21(27)3)24-12-7-6-8-13-24/h5,7,9-19,31H,1,6,8H2,2-4H3. The van der Waals surface area contributed by atoms with Crippen molar-refractivity contribution < 1.29 is 0 Å². The fourth-order valence-electron chi connectivity index (χ4n) is 4.50. The van der Waals surface area contributed by atoms with Gasteiger partial charge in [-0.25, -0.2) is 0 Å². The first kappa shape index (κ1) is 20.8. The van der Waals surface area contributed by atoms with Gasteiger partial charge in [0.1, 0.15) is 0 Å². The highest BCUT2D eigenvalue weighted by Gasteiger charge is 2.17. The summed E-state index contributed by atoms with van der Waals surface area (Å²) in [6.07, 6.45) is 11.0. The van der Waals surface area contributed by atoms with Crippen molar-refractivity contribution in [1.29, 1.82) is 5.41 Å². The minimum absolute atomic E-state index is 0.567. The van der Waals surface area contributed by atoms with Crippen LogP contribution in [0.5, 0.6) is 0 Å². The van der Waals surface area contributed by atoms with Crippen LogP contribution < -0.4 is 0 Å². The molecular weight excluding hydrogens is 374 g/mol. The molecule has 0 radical (unpaired) electrons. The molecule has 0 bridgehead atoms. The molecule has 0 aromatic heterocycles. The van der Waals surface area contributed by atoms with E-state index in [0.29, 0.717) is 5.71 Å². The minimum atomic E-state index is 0.567. The summed E-state index contributed by atoms with van der Waals surface area (Å²) in [5, 5.41) is 8.01. The SMILES string of the molecule is C=Cc1cc(C(C)=N)ccc1-c1c(C)cccc1-c1cccc(C2=CCCC=C2)c1C. The van der Waals surface area contributed by atoms with Crippen LogP contribution in [-0.2, 0) is 0 Å². The zero-order valence-electron chi connectivity index (χ0n) is 18.6. The van der Waals surface area contributed by atoms with E-state index < -0.39 is 0 Å². The Morgan fingerprint density at radius 3 is 2.35 bits per heavy atom. The number of nitrogens with one attached hydrogen (secondary N) is 1. The number of benzene rings is 3. The molecule has 1 heteroatoms. The molecule has 0 amide bonds. The van der Waals surface area contributed by atoms with Gasteiger partial charge in [-0.2, -0.15) is 0 Å². The van der Waals surface area contributed by atoms with E-state index in [1.165, 1.54) is 39.0 Å². The maximum absolute atomic E-state index is 8.01. The summed E-state index contributed by atoms with van der Waals surface area (Å²) in [5.74, 6) is 0. The van der Waals surface area contributed by atoms with E-state index in [0.717, 1.165) is 29.5 Å². The molecule has 0 unspecified atom stereocenters. The summed E-state index contributed by atoms with van der Waals surface area (Å²) >= 11 is 0. The topological polar surface area (TPSA) is 23.9 Å². The van der Waals surface area contributed by atoms with E-state index in [1.807, 2.05) is 19.1 Å². The molecule has 4 rings (SSSR count). The van der Waals surface area contributed by atoms with Crippen LogP contribution in [0.2, 0.25) is 0 Å². The molecule has 0 spiro atoms. The highest BCUT2D eigenvalue weighted by molar-refractivity contribution is 5.99. The molecule has 31 heavy (non-hydrogen) atoms. The predicted octanol–water partition coefficient (Wildman–Crippen LogP) is 8.40. The van der Waals surface area contributed by atoms with Crippen LogP contribution in [0, 0.1) is 19.3 Å². The van der Waals surface area contributed by atoms with Gasteiger partial charge < -0.3 is 5.41 Å². The van der Waals surface area contributed by atoms with E-state index in [4.69, 9.17) is 5.41 Å². The van der Waals surface area contributed by atoms with Gasteiger partial charge in [-0.3, -0.25) is 0 Å². The van der Waals surface area contributed by atoms with Gasteiger partial charge in [0.15, 0.2) is 0 Å². The molecule has 154 valence electrons. The Morgan fingerprint density at radius 2 is 1.65 bits per heavy atom. The minimum Gasteiger partial charge on any atom is -0.305 e. The Balaban J connectivity index is 1.94. The number of rotatable bonds is 5. The van der Waals surface area contributed by atoms with E-state index in [2.05, 4.69) is 87.2 Å². The Morgan fingerprint density at radius 1 is 0.903 bits per heavy atom. The molecule has 0 aliphatic heterocycles. The van der Waals surface area contributed by atoms with Crippen molar-refractivity contribution in [3.05, 3.63) is 107 Å². The van der Waals surface area contributed by atoms with Gasteiger partial charge in [-0.05, 0) is 95.3 Å². The second-order valence-electron chi connectivity index (χ2n) is 8.25. The van der Waals surface area contributed by atoms with Crippen LogP contribution in [0.3, 0.4) is 0 Å². The first-order valence-corrected chi connectivity index (χ1v) is 10.9. The molecule has 3 aromatic carbocycles. The Hall–Kier alpha value is -3.45. The lowest BCUT2D eigenvalue weighted by Crippen LogP contribution is -1.98.